The molecule has 0 spiro atoms. The van der Waals surface area contributed by atoms with E-state index in [1.54, 1.807) is 36.0 Å². The first-order valence-electron chi connectivity index (χ1n) is 6.96. The largest absolute Gasteiger partial charge is 0.384 e. The van der Waals surface area contributed by atoms with Gasteiger partial charge in [-0.25, -0.2) is 9.78 Å². The van der Waals surface area contributed by atoms with E-state index in [9.17, 15) is 9.59 Å². The summed E-state index contributed by atoms with van der Waals surface area (Å²) in [4.78, 5) is 31.3. The quantitative estimate of drug-likeness (QED) is 0.850. The summed E-state index contributed by atoms with van der Waals surface area (Å²) in [6.07, 6.45) is 2.89. The highest BCUT2D eigenvalue weighted by atomic mass is 16.2. The van der Waals surface area contributed by atoms with Gasteiger partial charge in [0.05, 0.1) is 11.9 Å². The highest BCUT2D eigenvalue weighted by Crippen LogP contribution is 2.20. The number of rotatable bonds is 2. The highest BCUT2D eigenvalue weighted by Gasteiger charge is 2.27. The lowest BCUT2D eigenvalue weighted by atomic mass is 9.96. The number of nitrogens with two attached hydrogens (primary N) is 1. The van der Waals surface area contributed by atoms with Crippen molar-refractivity contribution in [3.05, 3.63) is 18.3 Å². The molecular formula is C14H21N5O2. The van der Waals surface area contributed by atoms with E-state index >= 15 is 0 Å². The summed E-state index contributed by atoms with van der Waals surface area (Å²) in [6.45, 7) is 1.21. The summed E-state index contributed by atoms with van der Waals surface area (Å²) in [5.74, 6) is 0.316. The van der Waals surface area contributed by atoms with Crippen molar-refractivity contribution in [3.8, 4) is 0 Å². The topological polar surface area (TPSA) is 91.6 Å². The Hall–Kier alpha value is -2.31. The fourth-order valence-corrected chi connectivity index (χ4v) is 2.34. The smallest absolute Gasteiger partial charge is 0.319 e. The normalized spacial score (nSPS) is 15.6. The second kappa shape index (κ2) is 6.43. The fraction of sp³-hybridized carbons (Fsp3) is 0.500. The van der Waals surface area contributed by atoms with Crippen LogP contribution in [0.1, 0.15) is 12.8 Å². The number of carbonyl (C=O) groups is 2. The number of urea groups is 1. The van der Waals surface area contributed by atoms with E-state index in [0.29, 0.717) is 37.4 Å². The van der Waals surface area contributed by atoms with E-state index < -0.39 is 0 Å². The zero-order valence-electron chi connectivity index (χ0n) is 12.4. The minimum absolute atomic E-state index is 0.00315. The maximum atomic E-state index is 12.2. The van der Waals surface area contributed by atoms with Gasteiger partial charge >= 0.3 is 6.03 Å². The van der Waals surface area contributed by atoms with E-state index in [1.165, 1.54) is 6.20 Å². The van der Waals surface area contributed by atoms with Crippen molar-refractivity contribution in [2.45, 2.75) is 12.8 Å². The average molecular weight is 291 g/mol. The number of hydrogen-bond acceptors (Lipinski definition) is 4. The van der Waals surface area contributed by atoms with E-state index in [0.717, 1.165) is 0 Å². The summed E-state index contributed by atoms with van der Waals surface area (Å²) < 4.78 is 0. The molecule has 0 bridgehead atoms. The Morgan fingerprint density at radius 3 is 2.52 bits per heavy atom. The second-order valence-corrected chi connectivity index (χ2v) is 5.40. The molecule has 7 heteroatoms. The molecule has 1 fully saturated rings. The van der Waals surface area contributed by atoms with Gasteiger partial charge < -0.3 is 20.9 Å². The van der Waals surface area contributed by atoms with E-state index in [4.69, 9.17) is 5.73 Å². The molecule has 1 saturated heterocycles. The van der Waals surface area contributed by atoms with Crippen molar-refractivity contribution in [1.29, 1.82) is 0 Å². The molecule has 0 aliphatic carbocycles. The number of likely N-dealkylation sites (tertiary alicyclic amines) is 1. The van der Waals surface area contributed by atoms with Crippen molar-refractivity contribution in [3.63, 3.8) is 0 Å². The van der Waals surface area contributed by atoms with Crippen molar-refractivity contribution in [2.24, 2.45) is 5.92 Å². The Bertz CT molecular complexity index is 507. The van der Waals surface area contributed by atoms with Gasteiger partial charge in [-0.3, -0.25) is 4.79 Å². The van der Waals surface area contributed by atoms with Gasteiger partial charge in [0.15, 0.2) is 0 Å². The van der Waals surface area contributed by atoms with E-state index in [1.807, 2.05) is 0 Å². The molecule has 1 aromatic rings. The van der Waals surface area contributed by atoms with E-state index in [-0.39, 0.29) is 17.9 Å². The lowest BCUT2D eigenvalue weighted by molar-refractivity contribution is -0.121. The van der Waals surface area contributed by atoms with Gasteiger partial charge in [-0.15, -0.1) is 0 Å². The number of piperidine rings is 1. The van der Waals surface area contributed by atoms with Gasteiger partial charge in [-0.1, -0.05) is 0 Å². The zero-order chi connectivity index (χ0) is 15.4. The zero-order valence-corrected chi connectivity index (χ0v) is 12.4. The van der Waals surface area contributed by atoms with Crippen LogP contribution >= 0.6 is 0 Å². The molecule has 21 heavy (non-hydrogen) atoms. The lowest BCUT2D eigenvalue weighted by Gasteiger charge is -2.33. The van der Waals surface area contributed by atoms with Gasteiger partial charge in [0, 0.05) is 33.1 Å². The molecule has 0 unspecified atom stereocenters. The Balaban J connectivity index is 1.86. The number of amides is 3. The van der Waals surface area contributed by atoms with Crippen LogP contribution in [0.25, 0.3) is 0 Å². The predicted octanol–water partition coefficient (Wildman–Crippen LogP) is 0.996. The van der Waals surface area contributed by atoms with Crippen molar-refractivity contribution in [2.75, 3.05) is 38.2 Å². The Labute approximate surface area is 124 Å². The lowest BCUT2D eigenvalue weighted by Crippen LogP contribution is -2.45. The maximum Gasteiger partial charge on any atom is 0.319 e. The fourth-order valence-electron chi connectivity index (χ4n) is 2.34. The number of anilines is 2. The summed E-state index contributed by atoms with van der Waals surface area (Å²) in [5, 5.41) is 2.83. The number of pyridine rings is 1. The van der Waals surface area contributed by atoms with Crippen LogP contribution in [0.15, 0.2) is 18.3 Å². The molecule has 0 radical (unpaired) electrons. The van der Waals surface area contributed by atoms with Gasteiger partial charge in [-0.2, -0.15) is 0 Å². The van der Waals surface area contributed by atoms with Crippen LogP contribution in [0.3, 0.4) is 0 Å². The molecule has 114 valence electrons. The maximum absolute atomic E-state index is 12.2. The standard InChI is InChI=1S/C14H21N5O2/c1-18(2)14(21)19-7-5-10(6-8-19)13(20)17-11-3-4-12(15)16-9-11/h3-4,9-10H,5-8H2,1-2H3,(H2,15,16)(H,17,20). The Kier molecular flexibility index (Phi) is 4.62. The molecule has 0 saturated carbocycles. The van der Waals surface area contributed by atoms with Crippen LogP contribution < -0.4 is 11.1 Å². The van der Waals surface area contributed by atoms with E-state index in [2.05, 4.69) is 10.3 Å². The van der Waals surface area contributed by atoms with Crippen LogP contribution in [-0.2, 0) is 4.79 Å². The molecule has 2 rings (SSSR count). The first kappa shape index (κ1) is 15.1. The number of hydrogen-bond donors (Lipinski definition) is 2. The summed E-state index contributed by atoms with van der Waals surface area (Å²) >= 11 is 0. The Morgan fingerprint density at radius 1 is 1.33 bits per heavy atom. The molecular weight excluding hydrogens is 270 g/mol. The second-order valence-electron chi connectivity index (χ2n) is 5.40. The molecule has 3 amide bonds. The summed E-state index contributed by atoms with van der Waals surface area (Å²) in [7, 11) is 3.46. The van der Waals surface area contributed by atoms with Crippen LogP contribution in [-0.4, -0.2) is 53.9 Å². The first-order chi connectivity index (χ1) is 9.97. The third-order valence-electron chi connectivity index (χ3n) is 3.57. The van der Waals surface area contributed by atoms with Gasteiger partial charge in [0.2, 0.25) is 5.91 Å². The SMILES string of the molecule is CN(C)C(=O)N1CCC(C(=O)Nc2ccc(N)nc2)CC1. The first-order valence-corrected chi connectivity index (χ1v) is 6.96. The average Bonchev–Trinajstić information content (AvgIpc) is 2.49. The van der Waals surface area contributed by atoms with Crippen LogP contribution in [0.5, 0.6) is 0 Å². The molecule has 7 nitrogen and oxygen atoms in total. The predicted molar refractivity (Wildman–Crippen MR) is 80.7 cm³/mol. The number of nitrogens with zero attached hydrogens (tertiary/aromatic N) is 3. The van der Waals surface area contributed by atoms with Crippen molar-refractivity contribution in [1.82, 2.24) is 14.8 Å². The molecule has 0 aromatic carbocycles. The third kappa shape index (κ3) is 3.84. The van der Waals surface area contributed by atoms with Crippen molar-refractivity contribution < 1.29 is 9.59 Å². The highest BCUT2D eigenvalue weighted by molar-refractivity contribution is 5.92. The van der Waals surface area contributed by atoms with Crippen LogP contribution in [0.2, 0.25) is 0 Å². The van der Waals surface area contributed by atoms with Gasteiger partial charge in [-0.05, 0) is 25.0 Å². The number of nitrogens with one attached hydrogen (secondary N) is 1. The number of nitrogen functional groups attached to an aromatic ring is 1. The molecule has 1 aliphatic rings. The molecule has 0 atom stereocenters. The monoisotopic (exact) mass is 291 g/mol. The minimum atomic E-state index is -0.0752. The molecule has 3 N–H and O–H groups in total. The number of carbonyl (C=O) groups excluding carboxylic acids is 2. The molecule has 2 heterocycles. The van der Waals surface area contributed by atoms with Gasteiger partial charge in [0.25, 0.3) is 0 Å². The van der Waals surface area contributed by atoms with Crippen molar-refractivity contribution >= 4 is 23.4 Å². The molecule has 1 aliphatic heterocycles. The molecule has 1 aromatic heterocycles. The van der Waals surface area contributed by atoms with Crippen LogP contribution in [0.4, 0.5) is 16.3 Å². The summed E-state index contributed by atoms with van der Waals surface area (Å²) in [6, 6.07) is 3.37. The van der Waals surface area contributed by atoms with Crippen LogP contribution in [0, 0.1) is 5.92 Å². The summed E-state index contributed by atoms with van der Waals surface area (Å²) in [5.41, 5.74) is 6.14. The number of aromatic nitrogens is 1. The minimum Gasteiger partial charge on any atom is -0.384 e. The Morgan fingerprint density at radius 2 is 2.00 bits per heavy atom. The van der Waals surface area contributed by atoms with Gasteiger partial charge in [0.1, 0.15) is 5.82 Å². The third-order valence-corrected chi connectivity index (χ3v) is 3.57.